The standard InChI is InChI=1S/C17H14Cl2N4O3/c1-17(10-5-2-3-6-11(10)18)15(25)23(16(26)22-17)9-13(24)21-12-7-4-8-20-14(12)19/h2-8H,9H2,1H3,(H,21,24)(H,22,26)/t17-/m0/s1. The van der Waals surface area contributed by atoms with E-state index in [2.05, 4.69) is 15.6 Å². The van der Waals surface area contributed by atoms with E-state index in [0.29, 0.717) is 16.3 Å². The summed E-state index contributed by atoms with van der Waals surface area (Å²) in [5, 5.41) is 5.58. The molecule has 2 N–H and O–H groups in total. The van der Waals surface area contributed by atoms with Crippen LogP contribution in [0, 0.1) is 0 Å². The van der Waals surface area contributed by atoms with Gasteiger partial charge in [0.15, 0.2) is 5.15 Å². The van der Waals surface area contributed by atoms with Gasteiger partial charge in [0.05, 0.1) is 5.69 Å². The maximum atomic E-state index is 12.8. The quantitative estimate of drug-likeness (QED) is 0.617. The predicted octanol–water partition coefficient (Wildman–Crippen LogP) is 2.79. The van der Waals surface area contributed by atoms with Gasteiger partial charge in [0, 0.05) is 16.8 Å². The molecule has 1 atom stereocenters. The van der Waals surface area contributed by atoms with Crippen molar-refractivity contribution in [2.45, 2.75) is 12.5 Å². The third-order valence-corrected chi connectivity index (χ3v) is 4.65. The van der Waals surface area contributed by atoms with E-state index in [9.17, 15) is 14.4 Å². The highest BCUT2D eigenvalue weighted by Crippen LogP contribution is 2.33. The van der Waals surface area contributed by atoms with Crippen molar-refractivity contribution in [1.29, 1.82) is 0 Å². The molecule has 2 aromatic rings. The van der Waals surface area contributed by atoms with E-state index >= 15 is 0 Å². The van der Waals surface area contributed by atoms with E-state index in [1.54, 1.807) is 43.3 Å². The lowest BCUT2D eigenvalue weighted by Gasteiger charge is -2.23. The number of aromatic nitrogens is 1. The third-order valence-electron chi connectivity index (χ3n) is 4.02. The summed E-state index contributed by atoms with van der Waals surface area (Å²) >= 11 is 12.0. The summed E-state index contributed by atoms with van der Waals surface area (Å²) in [5.41, 5.74) is -0.597. The van der Waals surface area contributed by atoms with Crippen molar-refractivity contribution in [3.8, 4) is 0 Å². The Morgan fingerprint density at radius 3 is 2.65 bits per heavy atom. The number of anilines is 1. The molecular formula is C17H14Cl2N4O3. The highest BCUT2D eigenvalue weighted by atomic mass is 35.5. The fourth-order valence-electron chi connectivity index (χ4n) is 2.70. The van der Waals surface area contributed by atoms with Gasteiger partial charge in [-0.05, 0) is 25.1 Å². The lowest BCUT2D eigenvalue weighted by Crippen LogP contribution is -2.42. The maximum absolute atomic E-state index is 12.8. The number of halogens is 2. The summed E-state index contributed by atoms with van der Waals surface area (Å²) in [5.74, 6) is -1.14. The molecule has 3 rings (SSSR count). The van der Waals surface area contributed by atoms with Crippen molar-refractivity contribution in [1.82, 2.24) is 15.2 Å². The van der Waals surface area contributed by atoms with Gasteiger partial charge in [0.2, 0.25) is 5.91 Å². The number of benzene rings is 1. The smallest absolute Gasteiger partial charge is 0.322 e. The van der Waals surface area contributed by atoms with Crippen molar-refractivity contribution in [2.75, 3.05) is 11.9 Å². The Morgan fingerprint density at radius 2 is 1.96 bits per heavy atom. The normalized spacial score (nSPS) is 19.4. The average Bonchev–Trinajstić information content (AvgIpc) is 2.81. The molecule has 1 aromatic heterocycles. The fraction of sp³-hybridized carbons (Fsp3) is 0.176. The van der Waals surface area contributed by atoms with Crippen LogP contribution in [-0.4, -0.2) is 34.3 Å². The minimum Gasteiger partial charge on any atom is -0.322 e. The van der Waals surface area contributed by atoms with Crippen molar-refractivity contribution in [2.24, 2.45) is 0 Å². The lowest BCUT2D eigenvalue weighted by molar-refractivity contribution is -0.133. The molecule has 0 spiro atoms. The molecular weight excluding hydrogens is 379 g/mol. The summed E-state index contributed by atoms with van der Waals surface area (Å²) < 4.78 is 0. The number of amides is 4. The number of imide groups is 1. The number of hydrogen-bond acceptors (Lipinski definition) is 4. The average molecular weight is 393 g/mol. The molecule has 0 unspecified atom stereocenters. The monoisotopic (exact) mass is 392 g/mol. The highest BCUT2D eigenvalue weighted by Gasteiger charge is 2.50. The second-order valence-corrected chi connectivity index (χ2v) is 6.58. The van der Waals surface area contributed by atoms with Gasteiger partial charge in [-0.15, -0.1) is 0 Å². The molecule has 1 aliphatic heterocycles. The molecule has 2 heterocycles. The van der Waals surface area contributed by atoms with Crippen molar-refractivity contribution < 1.29 is 14.4 Å². The van der Waals surface area contributed by atoms with Gasteiger partial charge in [-0.3, -0.25) is 14.5 Å². The lowest BCUT2D eigenvalue weighted by atomic mass is 9.92. The molecule has 1 aromatic carbocycles. The van der Waals surface area contributed by atoms with Crippen molar-refractivity contribution >= 4 is 46.7 Å². The van der Waals surface area contributed by atoms with E-state index < -0.39 is 29.9 Å². The third kappa shape index (κ3) is 3.23. The summed E-state index contributed by atoms with van der Waals surface area (Å²) in [6.07, 6.45) is 1.48. The molecule has 7 nitrogen and oxygen atoms in total. The predicted molar refractivity (Wildman–Crippen MR) is 96.9 cm³/mol. The van der Waals surface area contributed by atoms with Crippen LogP contribution in [0.2, 0.25) is 10.2 Å². The Morgan fingerprint density at radius 1 is 1.23 bits per heavy atom. The minimum atomic E-state index is -1.35. The van der Waals surface area contributed by atoms with E-state index in [4.69, 9.17) is 23.2 Å². The number of nitrogens with one attached hydrogen (secondary N) is 2. The molecule has 134 valence electrons. The van der Waals surface area contributed by atoms with Crippen LogP contribution in [0.25, 0.3) is 0 Å². The van der Waals surface area contributed by atoms with Gasteiger partial charge < -0.3 is 10.6 Å². The molecule has 0 aliphatic carbocycles. The molecule has 0 saturated carbocycles. The van der Waals surface area contributed by atoms with E-state index in [0.717, 1.165) is 4.90 Å². The van der Waals surface area contributed by atoms with E-state index in [-0.39, 0.29) is 5.15 Å². The number of hydrogen-bond donors (Lipinski definition) is 2. The van der Waals surface area contributed by atoms with Gasteiger partial charge in [0.25, 0.3) is 5.91 Å². The van der Waals surface area contributed by atoms with Crippen molar-refractivity contribution in [3.05, 3.63) is 58.3 Å². The first-order chi connectivity index (χ1) is 12.3. The molecule has 4 amide bonds. The second kappa shape index (κ2) is 6.93. The number of carbonyl (C=O) groups is 3. The fourth-order valence-corrected chi connectivity index (χ4v) is 3.19. The Hall–Kier alpha value is -2.64. The summed E-state index contributed by atoms with van der Waals surface area (Å²) in [6.45, 7) is 1.08. The molecule has 1 aliphatic rings. The molecule has 26 heavy (non-hydrogen) atoms. The van der Waals surface area contributed by atoms with Gasteiger partial charge in [-0.25, -0.2) is 9.78 Å². The van der Waals surface area contributed by atoms with Gasteiger partial charge in [-0.2, -0.15) is 0 Å². The first-order valence-corrected chi connectivity index (χ1v) is 8.38. The van der Waals surface area contributed by atoms with Crippen LogP contribution in [0.15, 0.2) is 42.6 Å². The highest BCUT2D eigenvalue weighted by molar-refractivity contribution is 6.32. The van der Waals surface area contributed by atoms with Crippen LogP contribution in [-0.2, 0) is 15.1 Å². The van der Waals surface area contributed by atoms with E-state index in [1.165, 1.54) is 6.20 Å². The first-order valence-electron chi connectivity index (χ1n) is 7.62. The number of urea groups is 1. The zero-order valence-electron chi connectivity index (χ0n) is 13.6. The Bertz CT molecular complexity index is 905. The zero-order chi connectivity index (χ0) is 18.9. The topological polar surface area (TPSA) is 91.4 Å². The Labute approximate surface area is 159 Å². The molecule has 9 heteroatoms. The Balaban J connectivity index is 1.78. The van der Waals surface area contributed by atoms with Crippen LogP contribution in [0.3, 0.4) is 0 Å². The van der Waals surface area contributed by atoms with Crippen LogP contribution < -0.4 is 10.6 Å². The van der Waals surface area contributed by atoms with Crippen LogP contribution in [0.4, 0.5) is 10.5 Å². The van der Waals surface area contributed by atoms with E-state index in [1.807, 2.05) is 0 Å². The number of carbonyl (C=O) groups excluding carboxylic acids is 3. The summed E-state index contributed by atoms with van der Waals surface area (Å²) in [6, 6.07) is 9.20. The van der Waals surface area contributed by atoms with Crippen LogP contribution in [0.5, 0.6) is 0 Å². The summed E-state index contributed by atoms with van der Waals surface area (Å²) in [7, 11) is 0. The van der Waals surface area contributed by atoms with Gasteiger partial charge >= 0.3 is 6.03 Å². The minimum absolute atomic E-state index is 0.110. The molecule has 1 saturated heterocycles. The number of rotatable bonds is 4. The molecule has 1 fully saturated rings. The molecule has 0 radical (unpaired) electrons. The van der Waals surface area contributed by atoms with Gasteiger partial charge in [0.1, 0.15) is 12.1 Å². The first kappa shape index (κ1) is 18.2. The van der Waals surface area contributed by atoms with Gasteiger partial charge in [-0.1, -0.05) is 41.4 Å². The largest absolute Gasteiger partial charge is 0.325 e. The number of nitrogens with zero attached hydrogens (tertiary/aromatic N) is 2. The molecule has 0 bridgehead atoms. The van der Waals surface area contributed by atoms with Crippen LogP contribution >= 0.6 is 23.2 Å². The number of pyridine rings is 1. The zero-order valence-corrected chi connectivity index (χ0v) is 15.1. The second-order valence-electron chi connectivity index (χ2n) is 5.82. The summed E-state index contributed by atoms with van der Waals surface area (Å²) in [4.78, 5) is 42.0. The van der Waals surface area contributed by atoms with Crippen molar-refractivity contribution in [3.63, 3.8) is 0 Å². The Kier molecular flexibility index (Phi) is 4.84. The van der Waals surface area contributed by atoms with Crippen LogP contribution in [0.1, 0.15) is 12.5 Å². The maximum Gasteiger partial charge on any atom is 0.325 e. The SMILES string of the molecule is C[C@@]1(c2ccccc2Cl)NC(=O)N(CC(=O)Nc2cccnc2Cl)C1=O.